The van der Waals surface area contributed by atoms with Crippen molar-refractivity contribution in [2.75, 3.05) is 37.6 Å². The number of hydrogen-bond acceptors (Lipinski definition) is 3. The molecule has 1 aromatic carbocycles. The second-order valence-electron chi connectivity index (χ2n) is 6.20. The average molecular weight is 288 g/mol. The largest absolute Gasteiger partial charge is 0.481 e. The zero-order valence-corrected chi connectivity index (χ0v) is 12.5. The van der Waals surface area contributed by atoms with Gasteiger partial charge in [0.2, 0.25) is 0 Å². The summed E-state index contributed by atoms with van der Waals surface area (Å²) in [5.74, 6) is -0.556. The van der Waals surface area contributed by atoms with E-state index in [4.69, 9.17) is 5.11 Å². The van der Waals surface area contributed by atoms with E-state index in [0.717, 1.165) is 19.5 Å². The van der Waals surface area contributed by atoms with E-state index in [9.17, 15) is 4.79 Å². The molecule has 0 amide bonds. The summed E-state index contributed by atoms with van der Waals surface area (Å²) in [6.45, 7) is 5.55. The number of aliphatic carboxylic acids is 1. The molecule has 2 aliphatic heterocycles. The highest BCUT2D eigenvalue weighted by atomic mass is 16.4. The lowest BCUT2D eigenvalue weighted by Crippen LogP contribution is -2.28. The normalized spacial score (nSPS) is 21.7. The summed E-state index contributed by atoms with van der Waals surface area (Å²) in [7, 11) is 0. The van der Waals surface area contributed by atoms with Gasteiger partial charge in [0.15, 0.2) is 0 Å². The molecule has 0 aliphatic carbocycles. The molecule has 2 heterocycles. The maximum absolute atomic E-state index is 11.0. The molecule has 3 rings (SSSR count). The zero-order chi connectivity index (χ0) is 14.7. The van der Waals surface area contributed by atoms with Crippen molar-refractivity contribution < 1.29 is 9.90 Å². The van der Waals surface area contributed by atoms with Gasteiger partial charge in [0.05, 0.1) is 6.42 Å². The first-order valence-corrected chi connectivity index (χ1v) is 8.02. The van der Waals surface area contributed by atoms with Crippen LogP contribution in [0.2, 0.25) is 0 Å². The summed E-state index contributed by atoms with van der Waals surface area (Å²) >= 11 is 0. The first-order chi connectivity index (χ1) is 10.2. The standard InChI is InChI=1S/C17H24N2O2/c20-17(21)12-14-13-19(16-7-2-1-6-15(14)16)11-5-10-18-8-3-4-9-18/h1-2,6-7,14H,3-5,8-13H2,(H,20,21). The number of benzene rings is 1. The summed E-state index contributed by atoms with van der Waals surface area (Å²) in [5.41, 5.74) is 2.45. The Hall–Kier alpha value is -1.55. The van der Waals surface area contributed by atoms with E-state index >= 15 is 0 Å². The SMILES string of the molecule is O=C(O)CC1CN(CCCN2CCCC2)c2ccccc21. The number of anilines is 1. The number of para-hydroxylation sites is 1. The summed E-state index contributed by atoms with van der Waals surface area (Å²) in [6.07, 6.45) is 4.08. The predicted molar refractivity (Wildman–Crippen MR) is 83.9 cm³/mol. The van der Waals surface area contributed by atoms with Crippen LogP contribution in [0.4, 0.5) is 5.69 Å². The smallest absolute Gasteiger partial charge is 0.304 e. The Morgan fingerprint density at radius 3 is 2.71 bits per heavy atom. The molecule has 114 valence electrons. The lowest BCUT2D eigenvalue weighted by Gasteiger charge is -2.22. The number of hydrogen-bond donors (Lipinski definition) is 1. The number of likely N-dealkylation sites (tertiary alicyclic amines) is 1. The minimum atomic E-state index is -0.700. The Balaban J connectivity index is 1.59. The maximum atomic E-state index is 11.0. The molecule has 0 saturated carbocycles. The van der Waals surface area contributed by atoms with Crippen LogP contribution in [-0.2, 0) is 4.79 Å². The van der Waals surface area contributed by atoms with Crippen molar-refractivity contribution in [1.29, 1.82) is 0 Å². The van der Waals surface area contributed by atoms with E-state index in [-0.39, 0.29) is 12.3 Å². The van der Waals surface area contributed by atoms with Gasteiger partial charge in [0.1, 0.15) is 0 Å². The molecule has 21 heavy (non-hydrogen) atoms. The Morgan fingerprint density at radius 1 is 1.19 bits per heavy atom. The summed E-state index contributed by atoms with van der Waals surface area (Å²) < 4.78 is 0. The van der Waals surface area contributed by atoms with Crippen molar-refractivity contribution in [2.24, 2.45) is 0 Å². The minimum absolute atomic E-state index is 0.144. The third-order valence-corrected chi connectivity index (χ3v) is 4.68. The third kappa shape index (κ3) is 3.38. The van der Waals surface area contributed by atoms with Crippen LogP contribution in [0.1, 0.15) is 37.2 Å². The summed E-state index contributed by atoms with van der Waals surface area (Å²) in [4.78, 5) is 15.9. The summed E-state index contributed by atoms with van der Waals surface area (Å²) in [5, 5.41) is 9.08. The molecule has 1 saturated heterocycles. The fourth-order valence-corrected chi connectivity index (χ4v) is 3.67. The van der Waals surface area contributed by atoms with Crippen LogP contribution >= 0.6 is 0 Å². The summed E-state index contributed by atoms with van der Waals surface area (Å²) in [6, 6.07) is 8.29. The van der Waals surface area contributed by atoms with E-state index < -0.39 is 5.97 Å². The number of nitrogens with zero attached hydrogens (tertiary/aromatic N) is 2. The molecule has 4 nitrogen and oxygen atoms in total. The molecule has 0 radical (unpaired) electrons. The first kappa shape index (κ1) is 14.4. The van der Waals surface area contributed by atoms with Gasteiger partial charge in [0, 0.05) is 24.7 Å². The van der Waals surface area contributed by atoms with Gasteiger partial charge in [-0.3, -0.25) is 4.79 Å². The molecule has 1 N–H and O–H groups in total. The van der Waals surface area contributed by atoms with E-state index in [2.05, 4.69) is 28.0 Å². The van der Waals surface area contributed by atoms with Crippen LogP contribution in [0.15, 0.2) is 24.3 Å². The first-order valence-electron chi connectivity index (χ1n) is 8.02. The fourth-order valence-electron chi connectivity index (χ4n) is 3.67. The minimum Gasteiger partial charge on any atom is -0.481 e. The Bertz CT molecular complexity index is 497. The Kier molecular flexibility index (Phi) is 4.44. The molecular weight excluding hydrogens is 264 g/mol. The molecule has 1 aromatic rings. The van der Waals surface area contributed by atoms with E-state index in [1.54, 1.807) is 0 Å². The Morgan fingerprint density at radius 2 is 1.95 bits per heavy atom. The second-order valence-corrected chi connectivity index (χ2v) is 6.20. The molecule has 1 fully saturated rings. The van der Waals surface area contributed by atoms with Gasteiger partial charge in [0.25, 0.3) is 0 Å². The van der Waals surface area contributed by atoms with Gasteiger partial charge >= 0.3 is 5.97 Å². The van der Waals surface area contributed by atoms with Crippen molar-refractivity contribution in [3.05, 3.63) is 29.8 Å². The molecule has 0 bridgehead atoms. The van der Waals surface area contributed by atoms with E-state index in [0.29, 0.717) is 0 Å². The van der Waals surface area contributed by atoms with Crippen LogP contribution in [0.5, 0.6) is 0 Å². The van der Waals surface area contributed by atoms with Crippen molar-refractivity contribution in [2.45, 2.75) is 31.6 Å². The molecule has 1 atom stereocenters. The highest BCUT2D eigenvalue weighted by Gasteiger charge is 2.29. The van der Waals surface area contributed by atoms with Crippen LogP contribution in [-0.4, -0.2) is 48.7 Å². The number of rotatable bonds is 6. The molecule has 0 spiro atoms. The molecule has 0 aromatic heterocycles. The number of fused-ring (bicyclic) bond motifs is 1. The van der Waals surface area contributed by atoms with Gasteiger partial charge in [-0.1, -0.05) is 18.2 Å². The van der Waals surface area contributed by atoms with Crippen molar-refractivity contribution in [1.82, 2.24) is 4.90 Å². The van der Waals surface area contributed by atoms with Gasteiger partial charge < -0.3 is 14.9 Å². The zero-order valence-electron chi connectivity index (χ0n) is 12.5. The number of carboxylic acid groups (broad SMARTS) is 1. The van der Waals surface area contributed by atoms with E-state index in [1.165, 1.54) is 43.7 Å². The molecular formula is C17H24N2O2. The fraction of sp³-hybridized carbons (Fsp3) is 0.588. The van der Waals surface area contributed by atoms with Gasteiger partial charge in [-0.05, 0) is 50.5 Å². The van der Waals surface area contributed by atoms with Crippen molar-refractivity contribution in [3.8, 4) is 0 Å². The molecule has 1 unspecified atom stereocenters. The lowest BCUT2D eigenvalue weighted by molar-refractivity contribution is -0.137. The van der Waals surface area contributed by atoms with Crippen LogP contribution in [0.25, 0.3) is 0 Å². The van der Waals surface area contributed by atoms with E-state index in [1.807, 2.05) is 6.07 Å². The number of carboxylic acids is 1. The molecule has 4 heteroatoms. The highest BCUT2D eigenvalue weighted by Crippen LogP contribution is 2.37. The predicted octanol–water partition coefficient (Wildman–Crippen LogP) is 2.55. The third-order valence-electron chi connectivity index (χ3n) is 4.68. The molecule has 2 aliphatic rings. The van der Waals surface area contributed by atoms with Crippen LogP contribution in [0.3, 0.4) is 0 Å². The topological polar surface area (TPSA) is 43.8 Å². The highest BCUT2D eigenvalue weighted by molar-refractivity contribution is 5.71. The lowest BCUT2D eigenvalue weighted by atomic mass is 9.98. The van der Waals surface area contributed by atoms with Gasteiger partial charge in [-0.25, -0.2) is 0 Å². The van der Waals surface area contributed by atoms with Gasteiger partial charge in [-0.15, -0.1) is 0 Å². The van der Waals surface area contributed by atoms with Crippen LogP contribution < -0.4 is 4.90 Å². The van der Waals surface area contributed by atoms with Crippen LogP contribution in [0, 0.1) is 0 Å². The number of carbonyl (C=O) groups is 1. The van der Waals surface area contributed by atoms with Crippen molar-refractivity contribution in [3.63, 3.8) is 0 Å². The Labute approximate surface area is 126 Å². The van der Waals surface area contributed by atoms with Crippen molar-refractivity contribution >= 4 is 11.7 Å². The average Bonchev–Trinajstić information content (AvgIpc) is 3.08. The second kappa shape index (κ2) is 6.48. The maximum Gasteiger partial charge on any atom is 0.304 e. The quantitative estimate of drug-likeness (QED) is 0.873. The monoisotopic (exact) mass is 288 g/mol. The van der Waals surface area contributed by atoms with Gasteiger partial charge in [-0.2, -0.15) is 0 Å².